The number of halogens is 1. The van der Waals surface area contributed by atoms with E-state index in [-0.39, 0.29) is 42.0 Å². The van der Waals surface area contributed by atoms with Gasteiger partial charge in [0, 0.05) is 22.3 Å². The lowest BCUT2D eigenvalue weighted by Crippen LogP contribution is -2.53. The van der Waals surface area contributed by atoms with Crippen molar-refractivity contribution in [2.75, 3.05) is 5.32 Å². The number of aliphatic imine (C=N–C) groups is 1. The first-order valence-electron chi connectivity index (χ1n) is 13.4. The van der Waals surface area contributed by atoms with E-state index in [9.17, 15) is 14.4 Å². The minimum absolute atomic E-state index is 0.0801. The first-order valence-corrected chi connectivity index (χ1v) is 14.2. The summed E-state index contributed by atoms with van der Waals surface area (Å²) in [5.74, 6) is -1.51. The zero-order chi connectivity index (χ0) is 28.2. The van der Waals surface area contributed by atoms with Crippen LogP contribution in [0.1, 0.15) is 42.6 Å². The molecule has 10 heteroatoms. The number of fused-ring (bicyclic) bond motifs is 1. The van der Waals surface area contributed by atoms with Gasteiger partial charge in [0.2, 0.25) is 23.7 Å². The number of para-hydroxylation sites is 1. The number of hydrogen-bond acceptors (Lipinski definition) is 6. The summed E-state index contributed by atoms with van der Waals surface area (Å²) in [6.07, 6.45) is 3.35. The number of amides is 3. The lowest BCUT2D eigenvalue weighted by Gasteiger charge is -2.26. The fourth-order valence-electron chi connectivity index (χ4n) is 5.47. The lowest BCUT2D eigenvalue weighted by molar-refractivity contribution is -0.147. The molecule has 0 radical (unpaired) electrons. The number of guanidine groups is 1. The molecule has 3 atom stereocenters. The minimum Gasteiger partial charge on any atom is -0.325 e. The van der Waals surface area contributed by atoms with Crippen molar-refractivity contribution in [3.05, 3.63) is 82.1 Å². The van der Waals surface area contributed by atoms with Crippen molar-refractivity contribution in [3.63, 3.8) is 0 Å². The van der Waals surface area contributed by atoms with Crippen LogP contribution in [0.3, 0.4) is 0 Å². The standard InChI is InChI=1S/C30H31BrN6O3/c1-18-16-19(2)33-29(32-18)36-30(34-24-15-9-8-14-23(24)31)35-26(38)25(17-20-10-4-3-5-11-20)37-27(39)21-12-6-7-13-22(21)28(37)40/h3-5,8-11,14-16,21-22,25H,6-7,12-13,17H2,1-2H3,(H2,32,33,34,35,36,38)/t21-,22+,25-/m0/s1. The molecule has 0 unspecified atom stereocenters. The Morgan fingerprint density at radius 2 is 1.57 bits per heavy atom. The number of hydrogen-bond donors (Lipinski definition) is 2. The van der Waals surface area contributed by atoms with Gasteiger partial charge < -0.3 is 5.32 Å². The van der Waals surface area contributed by atoms with Crippen LogP contribution in [0.2, 0.25) is 0 Å². The molecule has 3 aromatic rings. The number of nitrogens with one attached hydrogen (secondary N) is 2. The van der Waals surface area contributed by atoms with Crippen LogP contribution in [0.5, 0.6) is 0 Å². The molecular weight excluding hydrogens is 572 g/mol. The highest BCUT2D eigenvalue weighted by atomic mass is 79.9. The van der Waals surface area contributed by atoms with Crippen LogP contribution in [-0.2, 0) is 20.8 Å². The number of benzene rings is 2. The summed E-state index contributed by atoms with van der Waals surface area (Å²) in [5, 5.41) is 6.00. The fraction of sp³-hybridized carbons (Fsp3) is 0.333. The third kappa shape index (κ3) is 6.12. The number of imide groups is 1. The number of rotatable bonds is 6. The molecule has 0 spiro atoms. The smallest absolute Gasteiger partial charge is 0.253 e. The van der Waals surface area contributed by atoms with Gasteiger partial charge in [0.15, 0.2) is 0 Å². The zero-order valence-corrected chi connectivity index (χ0v) is 24.0. The molecule has 2 aliphatic rings. The summed E-state index contributed by atoms with van der Waals surface area (Å²) in [6, 6.07) is 17.6. The number of nitrogens with zero attached hydrogens (tertiary/aromatic N) is 4. The van der Waals surface area contributed by atoms with Crippen LogP contribution in [0.4, 0.5) is 11.6 Å². The average molecular weight is 604 g/mol. The summed E-state index contributed by atoms with van der Waals surface area (Å²) >= 11 is 3.52. The largest absolute Gasteiger partial charge is 0.325 e. The second kappa shape index (κ2) is 12.1. The van der Waals surface area contributed by atoms with Gasteiger partial charge in [0.1, 0.15) is 6.04 Å². The van der Waals surface area contributed by atoms with Gasteiger partial charge in [-0.2, -0.15) is 4.99 Å². The summed E-state index contributed by atoms with van der Waals surface area (Å²) in [6.45, 7) is 3.68. The van der Waals surface area contributed by atoms with Crippen LogP contribution < -0.4 is 10.6 Å². The molecule has 2 heterocycles. The average Bonchev–Trinajstić information content (AvgIpc) is 3.18. The summed E-state index contributed by atoms with van der Waals surface area (Å²) in [7, 11) is 0. The van der Waals surface area contributed by atoms with E-state index in [0.717, 1.165) is 34.3 Å². The Bertz CT molecular complexity index is 1420. The Morgan fingerprint density at radius 3 is 2.20 bits per heavy atom. The molecule has 1 saturated heterocycles. The molecule has 1 aliphatic heterocycles. The summed E-state index contributed by atoms with van der Waals surface area (Å²) in [4.78, 5) is 55.6. The number of carbonyl (C=O) groups excluding carboxylic acids is 3. The third-order valence-corrected chi connectivity index (χ3v) is 8.00. The third-order valence-electron chi connectivity index (χ3n) is 7.31. The molecule has 2 aromatic carbocycles. The molecule has 9 nitrogen and oxygen atoms in total. The van der Waals surface area contributed by atoms with Crippen molar-refractivity contribution in [1.29, 1.82) is 0 Å². The van der Waals surface area contributed by atoms with E-state index in [0.29, 0.717) is 18.5 Å². The molecule has 2 fully saturated rings. The number of aromatic nitrogens is 2. The zero-order valence-electron chi connectivity index (χ0n) is 22.4. The molecule has 3 amide bonds. The number of aryl methyl sites for hydroxylation is 2. The second-order valence-electron chi connectivity index (χ2n) is 10.3. The Morgan fingerprint density at radius 1 is 0.975 bits per heavy atom. The van der Waals surface area contributed by atoms with E-state index >= 15 is 0 Å². The summed E-state index contributed by atoms with van der Waals surface area (Å²) in [5.41, 5.74) is 2.96. The van der Waals surface area contributed by atoms with Crippen molar-refractivity contribution in [2.45, 2.75) is 52.0 Å². The monoisotopic (exact) mass is 602 g/mol. The minimum atomic E-state index is -1.04. The SMILES string of the molecule is Cc1cc(C)nc(N=C(NC(=O)[C@H](Cc2ccccc2)N2C(=O)[C@H]3CCCC[C@H]3C2=O)Nc2ccccc2Br)n1. The van der Waals surface area contributed by atoms with Crippen molar-refractivity contribution < 1.29 is 14.4 Å². The molecular formula is C30H31BrN6O3. The maximum Gasteiger partial charge on any atom is 0.253 e. The number of likely N-dealkylation sites (tertiary alicyclic amines) is 1. The van der Waals surface area contributed by atoms with Crippen LogP contribution >= 0.6 is 15.9 Å². The highest BCUT2D eigenvalue weighted by Gasteiger charge is 2.51. The lowest BCUT2D eigenvalue weighted by atomic mass is 9.81. The normalized spacial score (nSPS) is 19.8. The number of carbonyl (C=O) groups is 3. The van der Waals surface area contributed by atoms with Gasteiger partial charge in [-0.1, -0.05) is 55.3 Å². The van der Waals surface area contributed by atoms with Crippen LogP contribution in [0.25, 0.3) is 0 Å². The van der Waals surface area contributed by atoms with Crippen molar-refractivity contribution >= 4 is 51.2 Å². The predicted octanol–water partition coefficient (Wildman–Crippen LogP) is 4.86. The van der Waals surface area contributed by atoms with E-state index in [2.05, 4.69) is 41.5 Å². The van der Waals surface area contributed by atoms with Gasteiger partial charge in [-0.15, -0.1) is 0 Å². The van der Waals surface area contributed by atoms with Gasteiger partial charge >= 0.3 is 0 Å². The Hall–Kier alpha value is -3.92. The first-order chi connectivity index (χ1) is 19.3. The topological polar surface area (TPSA) is 117 Å². The summed E-state index contributed by atoms with van der Waals surface area (Å²) < 4.78 is 0.757. The highest BCUT2D eigenvalue weighted by Crippen LogP contribution is 2.39. The maximum atomic E-state index is 14.0. The maximum absolute atomic E-state index is 14.0. The molecule has 206 valence electrons. The van der Waals surface area contributed by atoms with E-state index in [4.69, 9.17) is 0 Å². The molecule has 1 aliphatic carbocycles. The molecule has 40 heavy (non-hydrogen) atoms. The first kappa shape index (κ1) is 27.6. The van der Waals surface area contributed by atoms with Gasteiger partial charge in [-0.05, 0) is 66.4 Å². The highest BCUT2D eigenvalue weighted by molar-refractivity contribution is 9.10. The molecule has 5 rings (SSSR count). The molecule has 1 saturated carbocycles. The van der Waals surface area contributed by atoms with Crippen LogP contribution in [0, 0.1) is 25.7 Å². The van der Waals surface area contributed by atoms with Gasteiger partial charge in [-0.3, -0.25) is 24.6 Å². The second-order valence-corrected chi connectivity index (χ2v) is 11.1. The van der Waals surface area contributed by atoms with Gasteiger partial charge in [-0.25, -0.2) is 9.97 Å². The van der Waals surface area contributed by atoms with E-state index in [1.165, 1.54) is 4.90 Å². The van der Waals surface area contributed by atoms with Gasteiger partial charge in [0.25, 0.3) is 5.95 Å². The van der Waals surface area contributed by atoms with Crippen molar-refractivity contribution in [2.24, 2.45) is 16.8 Å². The molecule has 0 bridgehead atoms. The Balaban J connectivity index is 1.50. The van der Waals surface area contributed by atoms with Gasteiger partial charge in [0.05, 0.1) is 17.5 Å². The van der Waals surface area contributed by atoms with E-state index in [1.807, 2.05) is 74.5 Å². The van der Waals surface area contributed by atoms with Crippen molar-refractivity contribution in [3.8, 4) is 0 Å². The number of anilines is 1. The molecule has 1 aromatic heterocycles. The Labute approximate surface area is 241 Å². The van der Waals surface area contributed by atoms with E-state index in [1.54, 1.807) is 0 Å². The fourth-order valence-corrected chi connectivity index (χ4v) is 5.85. The van der Waals surface area contributed by atoms with Crippen LogP contribution in [0.15, 0.2) is 70.1 Å². The Kier molecular flexibility index (Phi) is 8.35. The molecule has 2 N–H and O–H groups in total. The van der Waals surface area contributed by atoms with E-state index < -0.39 is 11.9 Å². The predicted molar refractivity (Wildman–Crippen MR) is 156 cm³/mol. The van der Waals surface area contributed by atoms with Crippen molar-refractivity contribution in [1.82, 2.24) is 20.2 Å². The van der Waals surface area contributed by atoms with Crippen LogP contribution in [-0.4, -0.2) is 44.6 Å². The quantitative estimate of drug-likeness (QED) is 0.236.